The molecule has 1 fully saturated rings. The lowest BCUT2D eigenvalue weighted by Crippen LogP contribution is -2.48. The van der Waals surface area contributed by atoms with Gasteiger partial charge < -0.3 is 9.42 Å². The highest BCUT2D eigenvalue weighted by atomic mass is 35.5. The average molecular weight is 425 g/mol. The molecule has 0 unspecified atom stereocenters. The van der Waals surface area contributed by atoms with Gasteiger partial charge in [0, 0.05) is 56.2 Å². The van der Waals surface area contributed by atoms with Gasteiger partial charge in [0.25, 0.3) is 0 Å². The quantitative estimate of drug-likeness (QED) is 0.599. The molecule has 6 nitrogen and oxygen atoms in total. The van der Waals surface area contributed by atoms with E-state index in [2.05, 4.69) is 46.2 Å². The van der Waals surface area contributed by atoms with Crippen molar-refractivity contribution in [2.75, 3.05) is 26.2 Å². The summed E-state index contributed by atoms with van der Waals surface area (Å²) in [5.41, 5.74) is 3.50. The zero-order chi connectivity index (χ0) is 20.9. The lowest BCUT2D eigenvalue weighted by atomic mass is 10.1. The Morgan fingerprint density at radius 1 is 1.07 bits per heavy atom. The normalized spacial score (nSPS) is 14.8. The molecule has 1 aliphatic rings. The number of halogens is 1. The van der Waals surface area contributed by atoms with Crippen molar-refractivity contribution in [3.63, 3.8) is 0 Å². The Hall–Kier alpha value is -2.70. The van der Waals surface area contributed by atoms with Crippen LogP contribution in [0.25, 0.3) is 11.4 Å². The third kappa shape index (κ3) is 5.07. The van der Waals surface area contributed by atoms with Gasteiger partial charge in [-0.15, -0.1) is 0 Å². The Morgan fingerprint density at radius 2 is 1.80 bits per heavy atom. The number of rotatable bonds is 6. The van der Waals surface area contributed by atoms with Gasteiger partial charge in [-0.05, 0) is 42.3 Å². The van der Waals surface area contributed by atoms with Gasteiger partial charge in [0.1, 0.15) is 0 Å². The minimum absolute atomic E-state index is 0.136. The topological polar surface area (TPSA) is 62.5 Å². The summed E-state index contributed by atoms with van der Waals surface area (Å²) in [4.78, 5) is 21.3. The van der Waals surface area contributed by atoms with Gasteiger partial charge in [0.2, 0.25) is 17.6 Å². The van der Waals surface area contributed by atoms with Crippen LogP contribution in [0.15, 0.2) is 53.1 Å². The van der Waals surface area contributed by atoms with Crippen LogP contribution in [-0.4, -0.2) is 52.0 Å². The second-order valence-electron chi connectivity index (χ2n) is 7.60. The number of amides is 1. The highest BCUT2D eigenvalue weighted by molar-refractivity contribution is 6.30. The molecule has 1 amide bonds. The second-order valence-corrected chi connectivity index (χ2v) is 8.04. The average Bonchev–Trinajstić information content (AvgIpc) is 3.24. The van der Waals surface area contributed by atoms with E-state index in [1.807, 2.05) is 17.0 Å². The lowest BCUT2D eigenvalue weighted by molar-refractivity contribution is -0.133. The van der Waals surface area contributed by atoms with Crippen LogP contribution >= 0.6 is 11.6 Å². The first kappa shape index (κ1) is 20.6. The Balaban J connectivity index is 1.24. The van der Waals surface area contributed by atoms with Gasteiger partial charge in [-0.25, -0.2) is 0 Å². The maximum Gasteiger partial charge on any atom is 0.227 e. The maximum atomic E-state index is 12.6. The smallest absolute Gasteiger partial charge is 0.227 e. The molecule has 1 saturated heterocycles. The fourth-order valence-electron chi connectivity index (χ4n) is 3.63. The zero-order valence-electron chi connectivity index (χ0n) is 17.1. The van der Waals surface area contributed by atoms with Crippen molar-refractivity contribution in [3.8, 4) is 11.4 Å². The summed E-state index contributed by atoms with van der Waals surface area (Å²) in [6, 6.07) is 15.7. The molecule has 0 bridgehead atoms. The van der Waals surface area contributed by atoms with E-state index in [1.54, 1.807) is 12.1 Å². The van der Waals surface area contributed by atoms with E-state index in [4.69, 9.17) is 16.1 Å². The number of hydrogen-bond donors (Lipinski definition) is 0. The molecule has 3 aromatic rings. The first-order valence-corrected chi connectivity index (χ1v) is 10.6. The third-order valence-electron chi connectivity index (χ3n) is 5.50. The van der Waals surface area contributed by atoms with Crippen molar-refractivity contribution in [2.24, 2.45) is 0 Å². The summed E-state index contributed by atoms with van der Waals surface area (Å²) in [7, 11) is 0. The van der Waals surface area contributed by atoms with Crippen molar-refractivity contribution in [1.82, 2.24) is 19.9 Å². The van der Waals surface area contributed by atoms with Gasteiger partial charge in [-0.1, -0.05) is 41.0 Å². The number of carbonyl (C=O) groups is 1. The maximum absolute atomic E-state index is 12.6. The van der Waals surface area contributed by atoms with Crippen LogP contribution in [0.1, 0.15) is 23.4 Å². The van der Waals surface area contributed by atoms with Gasteiger partial charge >= 0.3 is 0 Å². The van der Waals surface area contributed by atoms with Crippen LogP contribution in [-0.2, 0) is 17.8 Å². The minimum Gasteiger partial charge on any atom is -0.340 e. The summed E-state index contributed by atoms with van der Waals surface area (Å²) < 4.78 is 5.31. The fraction of sp³-hybridized carbons (Fsp3) is 0.348. The molecule has 1 aliphatic heterocycles. The summed E-state index contributed by atoms with van der Waals surface area (Å²) in [5, 5.41) is 4.66. The van der Waals surface area contributed by atoms with Crippen LogP contribution in [0.4, 0.5) is 0 Å². The molecule has 7 heteroatoms. The monoisotopic (exact) mass is 424 g/mol. The van der Waals surface area contributed by atoms with Crippen LogP contribution in [0.2, 0.25) is 5.02 Å². The summed E-state index contributed by atoms with van der Waals surface area (Å²) in [6.07, 6.45) is 0.822. The van der Waals surface area contributed by atoms with Gasteiger partial charge in [-0.2, -0.15) is 4.98 Å². The van der Waals surface area contributed by atoms with Crippen molar-refractivity contribution in [2.45, 2.75) is 26.3 Å². The third-order valence-corrected chi connectivity index (χ3v) is 5.76. The zero-order valence-corrected chi connectivity index (χ0v) is 17.8. The second kappa shape index (κ2) is 9.41. The van der Waals surface area contributed by atoms with E-state index in [-0.39, 0.29) is 5.91 Å². The summed E-state index contributed by atoms with van der Waals surface area (Å²) in [6.45, 7) is 6.37. The predicted octanol–water partition coefficient (Wildman–Crippen LogP) is 3.98. The largest absolute Gasteiger partial charge is 0.340 e. The van der Waals surface area contributed by atoms with E-state index >= 15 is 0 Å². The molecule has 2 aromatic carbocycles. The minimum atomic E-state index is 0.136. The van der Waals surface area contributed by atoms with Gasteiger partial charge in [0.15, 0.2) is 0 Å². The molecule has 2 heterocycles. The summed E-state index contributed by atoms with van der Waals surface area (Å²) in [5.74, 6) is 1.13. The van der Waals surface area contributed by atoms with Crippen molar-refractivity contribution in [1.29, 1.82) is 0 Å². The van der Waals surface area contributed by atoms with Crippen LogP contribution in [0.5, 0.6) is 0 Å². The highest BCUT2D eigenvalue weighted by Gasteiger charge is 2.22. The highest BCUT2D eigenvalue weighted by Crippen LogP contribution is 2.19. The number of aryl methyl sites for hydroxylation is 2. The number of aromatic nitrogens is 2. The molecule has 0 aliphatic carbocycles. The van der Waals surface area contributed by atoms with E-state index in [0.29, 0.717) is 29.6 Å². The lowest BCUT2D eigenvalue weighted by Gasteiger charge is -2.35. The number of benzene rings is 2. The molecule has 0 spiro atoms. The Labute approximate surface area is 181 Å². The van der Waals surface area contributed by atoms with Gasteiger partial charge in [-0.3, -0.25) is 9.69 Å². The predicted molar refractivity (Wildman–Crippen MR) is 116 cm³/mol. The molecular formula is C23H25ClN4O2. The molecule has 156 valence electrons. The molecule has 0 N–H and O–H groups in total. The Bertz CT molecular complexity index is 994. The van der Waals surface area contributed by atoms with Crippen molar-refractivity contribution < 1.29 is 9.32 Å². The fourth-order valence-corrected chi connectivity index (χ4v) is 3.75. The van der Waals surface area contributed by atoms with Crippen molar-refractivity contribution in [3.05, 3.63) is 70.6 Å². The molecule has 0 radical (unpaired) electrons. The molecular weight excluding hydrogens is 400 g/mol. The van der Waals surface area contributed by atoms with E-state index in [9.17, 15) is 4.79 Å². The number of nitrogens with zero attached hydrogens (tertiary/aromatic N) is 4. The van der Waals surface area contributed by atoms with E-state index in [0.717, 1.165) is 38.3 Å². The molecule has 30 heavy (non-hydrogen) atoms. The standard InChI is InChI=1S/C23H25ClN4O2/c1-17-4-2-3-5-19(17)16-27-12-14-28(15-13-27)22(29)11-10-21-25-23(26-30-21)18-6-8-20(24)9-7-18/h2-9H,10-16H2,1H3. The summed E-state index contributed by atoms with van der Waals surface area (Å²) >= 11 is 5.91. The number of piperazine rings is 1. The SMILES string of the molecule is Cc1ccccc1CN1CCN(C(=O)CCc2nc(-c3ccc(Cl)cc3)no2)CC1. The van der Waals surface area contributed by atoms with E-state index < -0.39 is 0 Å². The van der Waals surface area contributed by atoms with Crippen LogP contribution in [0, 0.1) is 6.92 Å². The van der Waals surface area contributed by atoms with Gasteiger partial charge in [0.05, 0.1) is 0 Å². The Kier molecular flexibility index (Phi) is 6.45. The Morgan fingerprint density at radius 3 is 2.53 bits per heavy atom. The first-order valence-electron chi connectivity index (χ1n) is 10.2. The molecule has 0 atom stereocenters. The molecule has 1 aromatic heterocycles. The molecule has 0 saturated carbocycles. The van der Waals surface area contributed by atoms with E-state index in [1.165, 1.54) is 11.1 Å². The molecule has 4 rings (SSSR count). The number of hydrogen-bond acceptors (Lipinski definition) is 5. The first-order chi connectivity index (χ1) is 14.6. The number of carbonyl (C=O) groups excluding carboxylic acids is 1. The van der Waals surface area contributed by atoms with Crippen LogP contribution < -0.4 is 0 Å². The van der Waals surface area contributed by atoms with Crippen LogP contribution in [0.3, 0.4) is 0 Å². The van der Waals surface area contributed by atoms with Crippen molar-refractivity contribution >= 4 is 17.5 Å².